The number of hydrogen-bond acceptors (Lipinski definition) is 4. The average Bonchev–Trinajstić information content (AvgIpc) is 3.13. The van der Waals surface area contributed by atoms with Gasteiger partial charge in [-0.1, -0.05) is 29.4 Å². The fourth-order valence-electron chi connectivity index (χ4n) is 2.69. The fourth-order valence-corrected chi connectivity index (χ4v) is 3.80. The Hall–Kier alpha value is -2.77. The van der Waals surface area contributed by atoms with E-state index >= 15 is 0 Å². The second kappa shape index (κ2) is 8.08. The molecule has 0 aliphatic heterocycles. The second-order valence-corrected chi connectivity index (χ2v) is 7.27. The quantitative estimate of drug-likeness (QED) is 0.401. The van der Waals surface area contributed by atoms with Crippen LogP contribution in [0.3, 0.4) is 0 Å². The molecule has 0 amide bonds. The molecule has 0 spiro atoms. The van der Waals surface area contributed by atoms with Crippen LogP contribution in [-0.4, -0.2) is 19.7 Å². The molecule has 0 fully saturated rings. The molecule has 0 bridgehead atoms. The van der Waals surface area contributed by atoms with E-state index in [1.165, 1.54) is 17.8 Å². The van der Waals surface area contributed by atoms with Crippen molar-refractivity contribution in [2.24, 2.45) is 0 Å². The first-order valence-electron chi connectivity index (χ1n) is 8.30. The lowest BCUT2D eigenvalue weighted by molar-refractivity contribution is 0.591. The summed E-state index contributed by atoms with van der Waals surface area (Å²) in [6.45, 7) is 0. The third-order valence-corrected chi connectivity index (χ3v) is 5.20. The van der Waals surface area contributed by atoms with Crippen molar-refractivity contribution in [1.29, 1.82) is 0 Å². The van der Waals surface area contributed by atoms with E-state index in [-0.39, 0.29) is 11.3 Å². The summed E-state index contributed by atoms with van der Waals surface area (Å²) >= 11 is 7.42. The number of pyridine rings is 1. The van der Waals surface area contributed by atoms with Crippen molar-refractivity contribution in [1.82, 2.24) is 19.7 Å². The molecule has 2 heterocycles. The highest BCUT2D eigenvalue weighted by Crippen LogP contribution is 2.31. The van der Waals surface area contributed by atoms with Gasteiger partial charge in [0.1, 0.15) is 11.6 Å². The van der Waals surface area contributed by atoms with Gasteiger partial charge >= 0.3 is 0 Å². The maximum Gasteiger partial charge on any atom is 0.196 e. The van der Waals surface area contributed by atoms with Crippen molar-refractivity contribution >= 4 is 23.4 Å². The Morgan fingerprint density at radius 1 is 1.00 bits per heavy atom. The number of benzene rings is 2. The first-order valence-corrected chi connectivity index (χ1v) is 9.66. The van der Waals surface area contributed by atoms with E-state index < -0.39 is 11.6 Å². The SMILES string of the molecule is Fc1ccc(F)c(CSc2nnc(-c3cccnc3)n2-c2cccc(Cl)c2)c1. The lowest BCUT2D eigenvalue weighted by Crippen LogP contribution is -2.00. The highest BCUT2D eigenvalue weighted by Gasteiger charge is 2.17. The molecule has 2 aromatic heterocycles. The molecule has 0 aliphatic carbocycles. The topological polar surface area (TPSA) is 43.6 Å². The summed E-state index contributed by atoms with van der Waals surface area (Å²) in [5, 5.41) is 9.64. The summed E-state index contributed by atoms with van der Waals surface area (Å²) in [6, 6.07) is 14.3. The third-order valence-electron chi connectivity index (χ3n) is 3.98. The van der Waals surface area contributed by atoms with Crippen LogP contribution in [0.15, 0.2) is 72.1 Å². The molecular formula is C20H13ClF2N4S. The second-order valence-electron chi connectivity index (χ2n) is 5.89. The Bertz CT molecular complexity index is 1120. The summed E-state index contributed by atoms with van der Waals surface area (Å²) in [7, 11) is 0. The molecule has 140 valence electrons. The summed E-state index contributed by atoms with van der Waals surface area (Å²) < 4.78 is 29.3. The van der Waals surface area contributed by atoms with E-state index in [4.69, 9.17) is 11.6 Å². The van der Waals surface area contributed by atoms with Crippen LogP contribution >= 0.6 is 23.4 Å². The Morgan fingerprint density at radius 2 is 1.89 bits per heavy atom. The smallest absolute Gasteiger partial charge is 0.196 e. The summed E-state index contributed by atoms with van der Waals surface area (Å²) in [5.41, 5.74) is 1.80. The zero-order valence-electron chi connectivity index (χ0n) is 14.4. The molecule has 4 nitrogen and oxygen atoms in total. The van der Waals surface area contributed by atoms with Gasteiger partial charge in [0.2, 0.25) is 0 Å². The lowest BCUT2D eigenvalue weighted by atomic mass is 10.2. The largest absolute Gasteiger partial charge is 0.270 e. The van der Waals surface area contributed by atoms with Crippen molar-refractivity contribution in [2.45, 2.75) is 10.9 Å². The summed E-state index contributed by atoms with van der Waals surface area (Å²) in [5.74, 6) is -0.160. The number of aromatic nitrogens is 4. The minimum atomic E-state index is -0.482. The van der Waals surface area contributed by atoms with Crippen molar-refractivity contribution in [3.8, 4) is 17.1 Å². The molecule has 4 aromatic rings. The highest BCUT2D eigenvalue weighted by molar-refractivity contribution is 7.98. The molecule has 0 unspecified atom stereocenters. The predicted octanol–water partition coefficient (Wildman–Crippen LogP) is 5.55. The standard InChI is InChI=1S/C20H13ClF2N4S/c21-15-4-1-5-17(10-15)27-19(13-3-2-8-24-11-13)25-26-20(27)28-12-14-9-16(22)6-7-18(14)23/h1-11H,12H2. The van der Waals surface area contributed by atoms with Crippen LogP contribution in [0.2, 0.25) is 5.02 Å². The maximum absolute atomic E-state index is 14.0. The molecule has 4 rings (SSSR count). The van der Waals surface area contributed by atoms with Crippen molar-refractivity contribution in [2.75, 3.05) is 0 Å². The van der Waals surface area contributed by atoms with Gasteiger partial charge in [-0.25, -0.2) is 8.78 Å². The molecular weight excluding hydrogens is 402 g/mol. The zero-order chi connectivity index (χ0) is 19.5. The van der Waals surface area contributed by atoms with Crippen LogP contribution in [0, 0.1) is 11.6 Å². The van der Waals surface area contributed by atoms with Gasteiger partial charge in [0.15, 0.2) is 11.0 Å². The minimum Gasteiger partial charge on any atom is -0.270 e. The Labute approximate surface area is 169 Å². The van der Waals surface area contributed by atoms with E-state index in [1.807, 2.05) is 22.8 Å². The van der Waals surface area contributed by atoms with Gasteiger partial charge < -0.3 is 0 Å². The molecule has 0 saturated heterocycles. The Kier molecular flexibility index (Phi) is 5.36. The normalized spacial score (nSPS) is 11.0. The molecule has 8 heteroatoms. The van der Waals surface area contributed by atoms with E-state index in [0.717, 1.165) is 23.4 Å². The van der Waals surface area contributed by atoms with Crippen LogP contribution in [0.1, 0.15) is 5.56 Å². The molecule has 0 aliphatic rings. The van der Waals surface area contributed by atoms with Crippen LogP contribution in [0.4, 0.5) is 8.78 Å². The Morgan fingerprint density at radius 3 is 2.68 bits per heavy atom. The lowest BCUT2D eigenvalue weighted by Gasteiger charge is -2.11. The van der Waals surface area contributed by atoms with E-state index in [9.17, 15) is 8.78 Å². The van der Waals surface area contributed by atoms with Gasteiger partial charge in [0.25, 0.3) is 0 Å². The summed E-state index contributed by atoms with van der Waals surface area (Å²) in [4.78, 5) is 4.13. The maximum atomic E-state index is 14.0. The van der Waals surface area contributed by atoms with E-state index in [1.54, 1.807) is 30.6 Å². The van der Waals surface area contributed by atoms with E-state index in [2.05, 4.69) is 15.2 Å². The molecule has 28 heavy (non-hydrogen) atoms. The average molecular weight is 415 g/mol. The highest BCUT2D eigenvalue weighted by atomic mass is 35.5. The minimum absolute atomic E-state index is 0.204. The van der Waals surface area contributed by atoms with Gasteiger partial charge in [-0.2, -0.15) is 0 Å². The molecule has 0 atom stereocenters. The van der Waals surface area contributed by atoms with Crippen molar-refractivity contribution in [3.63, 3.8) is 0 Å². The first kappa shape index (κ1) is 18.6. The number of rotatable bonds is 5. The van der Waals surface area contributed by atoms with Gasteiger partial charge in [0.05, 0.1) is 5.69 Å². The fraction of sp³-hybridized carbons (Fsp3) is 0.0500. The van der Waals surface area contributed by atoms with Gasteiger partial charge in [-0.05, 0) is 48.5 Å². The zero-order valence-corrected chi connectivity index (χ0v) is 16.0. The summed E-state index contributed by atoms with van der Waals surface area (Å²) in [6.07, 6.45) is 3.36. The van der Waals surface area contributed by atoms with Crippen molar-refractivity contribution in [3.05, 3.63) is 89.2 Å². The van der Waals surface area contributed by atoms with Gasteiger partial charge in [-0.3, -0.25) is 9.55 Å². The van der Waals surface area contributed by atoms with Crippen LogP contribution in [0.5, 0.6) is 0 Å². The van der Waals surface area contributed by atoms with Gasteiger partial charge in [-0.15, -0.1) is 10.2 Å². The molecule has 0 saturated carbocycles. The number of thioether (sulfide) groups is 1. The number of halogens is 3. The number of nitrogens with zero attached hydrogens (tertiary/aromatic N) is 4. The molecule has 0 radical (unpaired) electrons. The molecule has 2 aromatic carbocycles. The van der Waals surface area contributed by atoms with E-state index in [0.29, 0.717) is 16.0 Å². The van der Waals surface area contributed by atoms with Crippen LogP contribution in [-0.2, 0) is 5.75 Å². The first-order chi connectivity index (χ1) is 13.6. The monoisotopic (exact) mass is 414 g/mol. The Balaban J connectivity index is 1.75. The molecule has 0 N–H and O–H groups in total. The number of hydrogen-bond donors (Lipinski definition) is 0. The third kappa shape index (κ3) is 3.90. The van der Waals surface area contributed by atoms with Crippen molar-refractivity contribution < 1.29 is 8.78 Å². The van der Waals surface area contributed by atoms with Gasteiger partial charge in [0, 0.05) is 34.3 Å². The predicted molar refractivity (Wildman–Crippen MR) is 106 cm³/mol. The van der Waals surface area contributed by atoms with Crippen LogP contribution in [0.25, 0.3) is 17.1 Å². The van der Waals surface area contributed by atoms with Crippen LogP contribution < -0.4 is 0 Å².